The van der Waals surface area contributed by atoms with E-state index in [2.05, 4.69) is 4.57 Å². The fraction of sp³-hybridized carbons (Fsp3) is 0.273. The Morgan fingerprint density at radius 1 is 1.07 bits per heavy atom. The van der Waals surface area contributed by atoms with Crippen molar-refractivity contribution in [3.05, 3.63) is 35.5 Å². The van der Waals surface area contributed by atoms with E-state index in [-0.39, 0.29) is 0 Å². The molecule has 0 aliphatic carbocycles. The lowest BCUT2D eigenvalue weighted by Crippen LogP contribution is -1.92. The zero-order valence-corrected chi connectivity index (χ0v) is 7.56. The van der Waals surface area contributed by atoms with Crippen LogP contribution in [0.25, 0.3) is 10.9 Å². The van der Waals surface area contributed by atoms with Gasteiger partial charge in [0.2, 0.25) is 0 Å². The van der Waals surface area contributed by atoms with Crippen LogP contribution in [-0.2, 0) is 13.0 Å². The molecule has 0 bridgehead atoms. The molecule has 0 N–H and O–H groups in total. The molecule has 0 atom stereocenters. The Kier molecular flexibility index (Phi) is 1.46. The van der Waals surface area contributed by atoms with Gasteiger partial charge < -0.3 is 4.57 Å². The average Bonchev–Trinajstić information content (AvgIpc) is 2.68. The maximum atomic E-state index is 13.0. The smallest absolute Gasteiger partial charge is 0.160 e. The Hall–Kier alpha value is -1.38. The maximum absolute atomic E-state index is 13.0. The van der Waals surface area contributed by atoms with Crippen LogP contribution in [0.3, 0.4) is 0 Å². The number of rotatable bonds is 0. The first-order valence-electron chi connectivity index (χ1n) is 4.73. The number of benzene rings is 1. The summed E-state index contributed by atoms with van der Waals surface area (Å²) in [6.07, 6.45) is 2.11. The van der Waals surface area contributed by atoms with Crippen molar-refractivity contribution in [2.75, 3.05) is 0 Å². The van der Waals surface area contributed by atoms with E-state index >= 15 is 0 Å². The third-order valence-corrected chi connectivity index (χ3v) is 2.84. The first-order valence-corrected chi connectivity index (χ1v) is 4.73. The Bertz CT molecular complexity index is 513. The van der Waals surface area contributed by atoms with Crippen molar-refractivity contribution in [3.63, 3.8) is 0 Å². The van der Waals surface area contributed by atoms with E-state index in [4.69, 9.17) is 0 Å². The van der Waals surface area contributed by atoms with Gasteiger partial charge in [-0.3, -0.25) is 0 Å². The molecule has 1 aliphatic rings. The molecular formula is C11H9F2N. The zero-order valence-electron chi connectivity index (χ0n) is 7.56. The molecule has 1 aromatic heterocycles. The summed E-state index contributed by atoms with van der Waals surface area (Å²) in [4.78, 5) is 0. The standard InChI is InChI=1S/C11H9F2N/c12-9-5-7-4-8-2-1-3-14(8)11(7)6-10(9)13/h4-6H,1-3H2. The molecule has 1 aromatic carbocycles. The quantitative estimate of drug-likeness (QED) is 0.606. The summed E-state index contributed by atoms with van der Waals surface area (Å²) in [7, 11) is 0. The maximum Gasteiger partial charge on any atom is 0.160 e. The van der Waals surface area contributed by atoms with Crippen molar-refractivity contribution in [1.29, 1.82) is 0 Å². The Balaban J connectivity index is 2.39. The highest BCUT2D eigenvalue weighted by Gasteiger charge is 2.16. The Morgan fingerprint density at radius 3 is 2.71 bits per heavy atom. The van der Waals surface area contributed by atoms with Crippen LogP contribution in [-0.4, -0.2) is 4.57 Å². The van der Waals surface area contributed by atoms with Crippen LogP contribution in [0.4, 0.5) is 8.78 Å². The van der Waals surface area contributed by atoms with Crippen molar-refractivity contribution >= 4 is 10.9 Å². The molecule has 2 aromatic rings. The summed E-state index contributed by atoms with van der Waals surface area (Å²) < 4.78 is 28.0. The molecule has 0 saturated heterocycles. The van der Waals surface area contributed by atoms with Gasteiger partial charge >= 0.3 is 0 Å². The van der Waals surface area contributed by atoms with Crippen molar-refractivity contribution in [1.82, 2.24) is 4.57 Å². The van der Waals surface area contributed by atoms with Crippen LogP contribution in [0.15, 0.2) is 18.2 Å². The van der Waals surface area contributed by atoms with E-state index in [0.717, 1.165) is 30.3 Å². The highest BCUT2D eigenvalue weighted by molar-refractivity contribution is 5.81. The van der Waals surface area contributed by atoms with E-state index in [9.17, 15) is 8.78 Å². The first-order chi connectivity index (χ1) is 6.75. The highest BCUT2D eigenvalue weighted by atomic mass is 19.2. The normalized spacial score (nSPS) is 15.0. The number of aromatic nitrogens is 1. The molecule has 2 heterocycles. The molecule has 0 unspecified atom stereocenters. The molecule has 14 heavy (non-hydrogen) atoms. The zero-order chi connectivity index (χ0) is 9.71. The highest BCUT2D eigenvalue weighted by Crippen LogP contribution is 2.27. The second-order valence-corrected chi connectivity index (χ2v) is 3.72. The summed E-state index contributed by atoms with van der Waals surface area (Å²) in [5.41, 5.74) is 2.00. The van der Waals surface area contributed by atoms with Gasteiger partial charge in [-0.05, 0) is 25.0 Å². The molecule has 0 spiro atoms. The molecule has 0 radical (unpaired) electrons. The lowest BCUT2D eigenvalue weighted by molar-refractivity contribution is 0.510. The van der Waals surface area contributed by atoms with Gasteiger partial charge in [0.15, 0.2) is 11.6 Å². The minimum absolute atomic E-state index is 0.759. The minimum atomic E-state index is -0.762. The number of halogens is 2. The molecule has 0 saturated carbocycles. The third kappa shape index (κ3) is 0.924. The van der Waals surface area contributed by atoms with Crippen molar-refractivity contribution in [2.24, 2.45) is 0 Å². The number of nitrogens with zero attached hydrogens (tertiary/aromatic N) is 1. The molecule has 3 heteroatoms. The van der Waals surface area contributed by atoms with Gasteiger partial charge in [0, 0.05) is 23.7 Å². The lowest BCUT2D eigenvalue weighted by Gasteiger charge is -2.00. The van der Waals surface area contributed by atoms with Crippen molar-refractivity contribution in [3.8, 4) is 0 Å². The van der Waals surface area contributed by atoms with Crippen LogP contribution < -0.4 is 0 Å². The second kappa shape index (κ2) is 2.56. The second-order valence-electron chi connectivity index (χ2n) is 3.72. The number of fused-ring (bicyclic) bond motifs is 3. The van der Waals surface area contributed by atoms with E-state index in [1.807, 2.05) is 6.07 Å². The Labute approximate surface area is 80.0 Å². The van der Waals surface area contributed by atoms with Gasteiger partial charge in [-0.1, -0.05) is 0 Å². The summed E-state index contributed by atoms with van der Waals surface area (Å²) >= 11 is 0. The molecule has 1 nitrogen and oxygen atoms in total. The van der Waals surface area contributed by atoms with Gasteiger partial charge in [-0.2, -0.15) is 0 Å². The summed E-state index contributed by atoms with van der Waals surface area (Å²) in [5, 5.41) is 0.804. The predicted octanol–water partition coefficient (Wildman–Crippen LogP) is 2.87. The largest absolute Gasteiger partial charge is 0.345 e. The number of aryl methyl sites for hydroxylation is 2. The van der Waals surface area contributed by atoms with Crippen molar-refractivity contribution in [2.45, 2.75) is 19.4 Å². The van der Waals surface area contributed by atoms with E-state index in [1.54, 1.807) is 0 Å². The van der Waals surface area contributed by atoms with E-state index in [1.165, 1.54) is 17.8 Å². The lowest BCUT2D eigenvalue weighted by atomic mass is 10.2. The summed E-state index contributed by atoms with van der Waals surface area (Å²) in [6, 6.07) is 4.51. The predicted molar refractivity (Wildman–Crippen MR) is 50.2 cm³/mol. The van der Waals surface area contributed by atoms with E-state index < -0.39 is 11.6 Å². The Morgan fingerprint density at radius 2 is 1.86 bits per heavy atom. The van der Waals surface area contributed by atoms with Crippen LogP contribution in [0.5, 0.6) is 0 Å². The minimum Gasteiger partial charge on any atom is -0.345 e. The molecule has 72 valence electrons. The van der Waals surface area contributed by atoms with Crippen LogP contribution in [0.1, 0.15) is 12.1 Å². The average molecular weight is 193 g/mol. The molecular weight excluding hydrogens is 184 g/mol. The molecule has 0 amide bonds. The number of hydrogen-bond donors (Lipinski definition) is 0. The SMILES string of the molecule is Fc1cc2cc3n(c2cc1F)CCC3. The fourth-order valence-corrected chi connectivity index (χ4v) is 2.20. The van der Waals surface area contributed by atoms with Gasteiger partial charge in [-0.25, -0.2) is 8.78 Å². The van der Waals surface area contributed by atoms with Gasteiger partial charge in [0.1, 0.15) is 0 Å². The molecule has 0 fully saturated rings. The summed E-state index contributed by atoms with van der Waals surface area (Å²) in [5.74, 6) is -1.52. The van der Waals surface area contributed by atoms with Crippen LogP contribution in [0, 0.1) is 11.6 Å². The molecule has 3 rings (SSSR count). The van der Waals surface area contributed by atoms with Crippen LogP contribution in [0.2, 0.25) is 0 Å². The topological polar surface area (TPSA) is 4.93 Å². The fourth-order valence-electron chi connectivity index (χ4n) is 2.20. The van der Waals surface area contributed by atoms with Gasteiger partial charge in [0.05, 0.1) is 5.52 Å². The first kappa shape index (κ1) is 7.97. The van der Waals surface area contributed by atoms with Crippen molar-refractivity contribution < 1.29 is 8.78 Å². The van der Waals surface area contributed by atoms with Crippen LogP contribution >= 0.6 is 0 Å². The third-order valence-electron chi connectivity index (χ3n) is 2.84. The van der Waals surface area contributed by atoms with E-state index in [0.29, 0.717) is 0 Å². The number of hydrogen-bond acceptors (Lipinski definition) is 0. The summed E-state index contributed by atoms with van der Waals surface area (Å²) in [6.45, 7) is 0.921. The monoisotopic (exact) mass is 193 g/mol. The van der Waals surface area contributed by atoms with Gasteiger partial charge in [-0.15, -0.1) is 0 Å². The van der Waals surface area contributed by atoms with Gasteiger partial charge in [0.25, 0.3) is 0 Å². The molecule has 1 aliphatic heterocycles.